The van der Waals surface area contributed by atoms with Gasteiger partial charge in [-0.05, 0) is 52.0 Å². The van der Waals surface area contributed by atoms with Gasteiger partial charge in [0.25, 0.3) is 0 Å². The summed E-state index contributed by atoms with van der Waals surface area (Å²) in [5.41, 5.74) is 1.21. The average Bonchev–Trinajstić information content (AvgIpc) is 3.01. The van der Waals surface area contributed by atoms with Crippen LogP contribution in [0.5, 0.6) is 0 Å². The van der Waals surface area contributed by atoms with Gasteiger partial charge >= 0.3 is 0 Å². The first-order valence-electron chi connectivity index (χ1n) is 6.31. The van der Waals surface area contributed by atoms with Crippen molar-refractivity contribution in [1.29, 1.82) is 0 Å². The van der Waals surface area contributed by atoms with Gasteiger partial charge in [-0.1, -0.05) is 6.92 Å². The molecule has 1 atom stereocenters. The lowest BCUT2D eigenvalue weighted by molar-refractivity contribution is 0.479. The zero-order valence-electron chi connectivity index (χ0n) is 10.5. The van der Waals surface area contributed by atoms with Gasteiger partial charge in [-0.2, -0.15) is 0 Å². The third-order valence-electron chi connectivity index (χ3n) is 3.26. The molecular weight excluding hydrogens is 216 g/mol. The summed E-state index contributed by atoms with van der Waals surface area (Å²) in [6, 6.07) is 0.840. The Morgan fingerprint density at radius 2 is 2.19 bits per heavy atom. The smallest absolute Gasteiger partial charge is 0.0930 e. The molecule has 1 aromatic heterocycles. The minimum absolute atomic E-state index is 0.769. The molecule has 1 aliphatic carbocycles. The van der Waals surface area contributed by atoms with E-state index in [1.165, 1.54) is 41.4 Å². The molecule has 0 spiro atoms. The van der Waals surface area contributed by atoms with Crippen LogP contribution in [0.25, 0.3) is 0 Å². The average molecular weight is 238 g/mol. The monoisotopic (exact) mass is 238 g/mol. The fourth-order valence-corrected chi connectivity index (χ4v) is 2.72. The van der Waals surface area contributed by atoms with Gasteiger partial charge in [0, 0.05) is 10.9 Å². The molecule has 1 heterocycles. The lowest BCUT2D eigenvalue weighted by atomic mass is 10.1. The first-order valence-corrected chi connectivity index (χ1v) is 7.13. The molecule has 1 unspecified atom stereocenters. The molecule has 0 aliphatic heterocycles. The van der Waals surface area contributed by atoms with Crippen LogP contribution < -0.4 is 5.32 Å². The zero-order valence-corrected chi connectivity index (χ0v) is 11.4. The molecule has 2 rings (SSSR count). The van der Waals surface area contributed by atoms with E-state index in [0.29, 0.717) is 0 Å². The lowest BCUT2D eigenvalue weighted by Gasteiger charge is -2.10. The number of aromatic nitrogens is 1. The third-order valence-corrected chi connectivity index (χ3v) is 4.39. The molecule has 2 nitrogen and oxygen atoms in total. The Morgan fingerprint density at radius 1 is 1.44 bits per heavy atom. The largest absolute Gasteiger partial charge is 0.314 e. The molecule has 16 heavy (non-hydrogen) atoms. The van der Waals surface area contributed by atoms with Crippen LogP contribution in [-0.2, 0) is 6.42 Å². The van der Waals surface area contributed by atoms with Crippen LogP contribution >= 0.6 is 11.3 Å². The Balaban J connectivity index is 1.68. The summed E-state index contributed by atoms with van der Waals surface area (Å²) in [6.45, 7) is 7.78. The number of hydrogen-bond acceptors (Lipinski definition) is 3. The Bertz CT molecular complexity index is 322. The van der Waals surface area contributed by atoms with Crippen LogP contribution in [0, 0.1) is 19.8 Å². The van der Waals surface area contributed by atoms with Crippen molar-refractivity contribution in [3.05, 3.63) is 15.6 Å². The number of aryl methyl sites for hydroxylation is 3. The lowest BCUT2D eigenvalue weighted by Crippen LogP contribution is -2.23. The van der Waals surface area contributed by atoms with Crippen LogP contribution in [0.2, 0.25) is 0 Å². The van der Waals surface area contributed by atoms with Gasteiger partial charge in [0.2, 0.25) is 0 Å². The van der Waals surface area contributed by atoms with Crippen molar-refractivity contribution in [3.8, 4) is 0 Å². The van der Waals surface area contributed by atoms with E-state index < -0.39 is 0 Å². The SMILES string of the molecule is Cc1nc(CCC(C)CNC2CC2)sc1C. The van der Waals surface area contributed by atoms with Crippen LogP contribution in [0.4, 0.5) is 0 Å². The Kier molecular flexibility index (Phi) is 3.98. The second-order valence-corrected chi connectivity index (χ2v) is 6.36. The van der Waals surface area contributed by atoms with Gasteiger partial charge in [-0.25, -0.2) is 4.98 Å². The Hall–Kier alpha value is -0.410. The number of nitrogens with zero attached hydrogens (tertiary/aromatic N) is 1. The van der Waals surface area contributed by atoms with E-state index in [0.717, 1.165) is 18.4 Å². The highest BCUT2D eigenvalue weighted by Gasteiger charge is 2.20. The molecule has 1 N–H and O–H groups in total. The van der Waals surface area contributed by atoms with Crippen molar-refractivity contribution < 1.29 is 0 Å². The van der Waals surface area contributed by atoms with E-state index in [4.69, 9.17) is 0 Å². The number of rotatable bonds is 6. The fourth-order valence-electron chi connectivity index (χ4n) is 1.77. The van der Waals surface area contributed by atoms with Gasteiger partial charge in [0.1, 0.15) is 0 Å². The van der Waals surface area contributed by atoms with Crippen LogP contribution in [-0.4, -0.2) is 17.6 Å². The van der Waals surface area contributed by atoms with Crippen molar-refractivity contribution in [2.24, 2.45) is 5.92 Å². The summed E-state index contributed by atoms with van der Waals surface area (Å²) in [7, 11) is 0. The molecule has 3 heteroatoms. The van der Waals surface area contributed by atoms with Crippen LogP contribution in [0.15, 0.2) is 0 Å². The normalized spacial score (nSPS) is 17.7. The van der Waals surface area contributed by atoms with Crippen molar-refractivity contribution >= 4 is 11.3 Å². The minimum Gasteiger partial charge on any atom is -0.314 e. The summed E-state index contributed by atoms with van der Waals surface area (Å²) in [5.74, 6) is 0.769. The molecule has 1 fully saturated rings. The highest BCUT2D eigenvalue weighted by atomic mass is 32.1. The highest BCUT2D eigenvalue weighted by molar-refractivity contribution is 7.11. The van der Waals surface area contributed by atoms with Crippen molar-refractivity contribution in [2.45, 2.75) is 52.5 Å². The Morgan fingerprint density at radius 3 is 2.75 bits per heavy atom. The van der Waals surface area contributed by atoms with E-state index in [-0.39, 0.29) is 0 Å². The summed E-state index contributed by atoms with van der Waals surface area (Å²) >= 11 is 1.86. The predicted octanol–water partition coefficient (Wildman–Crippen LogP) is 3.08. The second-order valence-electron chi connectivity index (χ2n) is 5.08. The zero-order chi connectivity index (χ0) is 11.5. The standard InChI is InChI=1S/C13H22N2S/c1-9(8-14-12-5-6-12)4-7-13-15-10(2)11(3)16-13/h9,12,14H,4-8H2,1-3H3. The summed E-state index contributed by atoms with van der Waals surface area (Å²) in [4.78, 5) is 5.96. The van der Waals surface area contributed by atoms with E-state index >= 15 is 0 Å². The van der Waals surface area contributed by atoms with Crippen LogP contribution in [0.3, 0.4) is 0 Å². The number of hydrogen-bond donors (Lipinski definition) is 1. The summed E-state index contributed by atoms with van der Waals surface area (Å²) in [6.07, 6.45) is 5.17. The van der Waals surface area contributed by atoms with Gasteiger partial charge in [-0.15, -0.1) is 11.3 Å². The van der Waals surface area contributed by atoms with E-state index in [9.17, 15) is 0 Å². The van der Waals surface area contributed by atoms with Gasteiger partial charge in [-0.3, -0.25) is 0 Å². The minimum atomic E-state index is 0.769. The highest BCUT2D eigenvalue weighted by Crippen LogP contribution is 2.21. The quantitative estimate of drug-likeness (QED) is 0.824. The van der Waals surface area contributed by atoms with E-state index in [1.54, 1.807) is 0 Å². The second kappa shape index (κ2) is 5.28. The summed E-state index contributed by atoms with van der Waals surface area (Å²) < 4.78 is 0. The molecule has 1 saturated carbocycles. The fraction of sp³-hybridized carbons (Fsp3) is 0.769. The van der Waals surface area contributed by atoms with E-state index in [1.807, 2.05) is 11.3 Å². The van der Waals surface area contributed by atoms with Gasteiger partial charge < -0.3 is 5.32 Å². The maximum absolute atomic E-state index is 4.59. The molecule has 0 saturated heterocycles. The van der Waals surface area contributed by atoms with Crippen molar-refractivity contribution in [2.75, 3.05) is 6.54 Å². The first-order chi connectivity index (χ1) is 7.65. The first kappa shape index (κ1) is 12.1. The Labute approximate surface area is 102 Å². The van der Waals surface area contributed by atoms with E-state index in [2.05, 4.69) is 31.1 Å². The number of thiazole rings is 1. The molecule has 0 aromatic carbocycles. The molecular formula is C13H22N2S. The summed E-state index contributed by atoms with van der Waals surface area (Å²) in [5, 5.41) is 4.91. The van der Waals surface area contributed by atoms with Crippen molar-refractivity contribution in [3.63, 3.8) is 0 Å². The molecule has 0 bridgehead atoms. The molecule has 1 aliphatic rings. The third kappa shape index (κ3) is 3.56. The van der Waals surface area contributed by atoms with Crippen LogP contribution in [0.1, 0.15) is 41.8 Å². The molecule has 0 amide bonds. The maximum atomic E-state index is 4.59. The molecule has 1 aromatic rings. The topological polar surface area (TPSA) is 24.9 Å². The molecule has 0 radical (unpaired) electrons. The number of nitrogens with one attached hydrogen (secondary N) is 1. The molecule has 90 valence electrons. The van der Waals surface area contributed by atoms with Gasteiger partial charge in [0.15, 0.2) is 0 Å². The van der Waals surface area contributed by atoms with Gasteiger partial charge in [0.05, 0.1) is 10.7 Å². The van der Waals surface area contributed by atoms with Crippen molar-refractivity contribution in [1.82, 2.24) is 10.3 Å². The maximum Gasteiger partial charge on any atom is 0.0930 e. The predicted molar refractivity (Wildman–Crippen MR) is 70.1 cm³/mol.